The van der Waals surface area contributed by atoms with Crippen LogP contribution in [0, 0.1) is 0 Å². The van der Waals surface area contributed by atoms with Crippen molar-refractivity contribution in [3.05, 3.63) is 29.8 Å². The third-order valence-electron chi connectivity index (χ3n) is 3.19. The molecule has 1 aliphatic heterocycles. The predicted octanol–water partition coefficient (Wildman–Crippen LogP) is 2.64. The summed E-state index contributed by atoms with van der Waals surface area (Å²) in [5.74, 6) is 0. The minimum atomic E-state index is -3.35. The minimum absolute atomic E-state index is 0.0564. The lowest BCUT2D eigenvalue weighted by Gasteiger charge is -2.15. The Kier molecular flexibility index (Phi) is 4.30. The van der Waals surface area contributed by atoms with Crippen molar-refractivity contribution >= 4 is 21.6 Å². The van der Waals surface area contributed by atoms with Gasteiger partial charge in [0.2, 0.25) is 10.0 Å². The molecule has 1 saturated heterocycles. The molecule has 0 radical (unpaired) electrons. The molecule has 1 aromatic rings. The first kappa shape index (κ1) is 13.8. The number of hydrogen-bond donors (Lipinski definition) is 0. The van der Waals surface area contributed by atoms with Crippen LogP contribution in [0.25, 0.3) is 0 Å². The van der Waals surface area contributed by atoms with Gasteiger partial charge in [-0.25, -0.2) is 8.42 Å². The highest BCUT2D eigenvalue weighted by Crippen LogP contribution is 2.23. The molecule has 1 atom stereocenters. The van der Waals surface area contributed by atoms with Gasteiger partial charge in [-0.15, -0.1) is 11.6 Å². The van der Waals surface area contributed by atoms with Gasteiger partial charge in [0.1, 0.15) is 0 Å². The van der Waals surface area contributed by atoms with Crippen molar-refractivity contribution in [2.24, 2.45) is 0 Å². The average Bonchev–Trinajstić information content (AvgIpc) is 2.78. The molecule has 100 valence electrons. The number of hydrogen-bond acceptors (Lipinski definition) is 2. The molecule has 1 fully saturated rings. The summed E-state index contributed by atoms with van der Waals surface area (Å²) in [5, 5.41) is -0.0564. The fraction of sp³-hybridized carbons (Fsp3) is 0.538. The van der Waals surface area contributed by atoms with Gasteiger partial charge in [-0.05, 0) is 30.5 Å². The molecule has 1 aromatic carbocycles. The first-order valence-electron chi connectivity index (χ1n) is 6.27. The largest absolute Gasteiger partial charge is 0.243 e. The van der Waals surface area contributed by atoms with Crippen LogP contribution in [0.15, 0.2) is 29.2 Å². The van der Waals surface area contributed by atoms with E-state index in [0.717, 1.165) is 19.3 Å². The second kappa shape index (κ2) is 5.59. The summed E-state index contributed by atoms with van der Waals surface area (Å²) in [6, 6.07) is 7.18. The van der Waals surface area contributed by atoms with E-state index in [1.54, 1.807) is 12.1 Å². The van der Waals surface area contributed by atoms with E-state index >= 15 is 0 Å². The van der Waals surface area contributed by atoms with E-state index in [9.17, 15) is 8.42 Å². The summed E-state index contributed by atoms with van der Waals surface area (Å²) >= 11 is 5.96. The molecule has 1 heterocycles. The van der Waals surface area contributed by atoms with Crippen molar-refractivity contribution in [3.63, 3.8) is 0 Å². The van der Waals surface area contributed by atoms with Gasteiger partial charge < -0.3 is 0 Å². The Labute approximate surface area is 114 Å². The summed E-state index contributed by atoms with van der Waals surface area (Å²) in [6.07, 6.45) is 2.77. The minimum Gasteiger partial charge on any atom is -0.207 e. The van der Waals surface area contributed by atoms with Crippen molar-refractivity contribution in [1.29, 1.82) is 0 Å². The van der Waals surface area contributed by atoms with E-state index < -0.39 is 10.0 Å². The Morgan fingerprint density at radius 3 is 2.50 bits per heavy atom. The molecule has 5 heteroatoms. The molecule has 0 amide bonds. The van der Waals surface area contributed by atoms with Gasteiger partial charge in [-0.1, -0.05) is 25.5 Å². The Bertz CT molecular complexity index is 498. The topological polar surface area (TPSA) is 37.4 Å². The standard InChI is InChI=1S/C13H18ClNO2S/c1-2-3-11-4-6-13(7-5-11)18(16,17)15-9-8-12(14)10-15/h4-7,12H,2-3,8-10H2,1H3. The SMILES string of the molecule is CCCc1ccc(S(=O)(=O)N2CCC(Cl)C2)cc1. The highest BCUT2D eigenvalue weighted by atomic mass is 35.5. The van der Waals surface area contributed by atoms with Gasteiger partial charge in [0, 0.05) is 18.5 Å². The van der Waals surface area contributed by atoms with Gasteiger partial charge in [0.05, 0.1) is 4.90 Å². The van der Waals surface area contributed by atoms with Crippen LogP contribution in [0.1, 0.15) is 25.3 Å². The fourth-order valence-corrected chi connectivity index (χ4v) is 4.02. The fourth-order valence-electron chi connectivity index (χ4n) is 2.17. The Morgan fingerprint density at radius 1 is 1.33 bits per heavy atom. The number of benzene rings is 1. The van der Waals surface area contributed by atoms with E-state index in [0.29, 0.717) is 18.0 Å². The number of rotatable bonds is 4. The number of aryl methyl sites for hydroxylation is 1. The maximum absolute atomic E-state index is 12.3. The predicted molar refractivity (Wildman–Crippen MR) is 73.5 cm³/mol. The number of halogens is 1. The molecule has 1 aliphatic rings. The molecule has 0 saturated carbocycles. The zero-order valence-electron chi connectivity index (χ0n) is 10.5. The zero-order chi connectivity index (χ0) is 13.2. The first-order chi connectivity index (χ1) is 8.54. The van der Waals surface area contributed by atoms with Crippen molar-refractivity contribution in [3.8, 4) is 0 Å². The van der Waals surface area contributed by atoms with Crippen molar-refractivity contribution < 1.29 is 8.42 Å². The van der Waals surface area contributed by atoms with Gasteiger partial charge in [-0.3, -0.25) is 0 Å². The smallest absolute Gasteiger partial charge is 0.207 e. The first-order valence-corrected chi connectivity index (χ1v) is 8.15. The molecular formula is C13H18ClNO2S. The number of sulfonamides is 1. The van der Waals surface area contributed by atoms with Gasteiger partial charge in [-0.2, -0.15) is 4.31 Å². The molecule has 0 N–H and O–H groups in total. The van der Waals surface area contributed by atoms with E-state index in [2.05, 4.69) is 6.92 Å². The average molecular weight is 288 g/mol. The van der Waals surface area contributed by atoms with E-state index in [1.165, 1.54) is 9.87 Å². The van der Waals surface area contributed by atoms with Gasteiger partial charge in [0.15, 0.2) is 0 Å². The Balaban J connectivity index is 2.19. The second-order valence-corrected chi connectivity index (χ2v) is 7.20. The summed E-state index contributed by atoms with van der Waals surface area (Å²) in [6.45, 7) is 3.04. The number of alkyl halides is 1. The molecule has 0 aliphatic carbocycles. The quantitative estimate of drug-likeness (QED) is 0.799. The van der Waals surface area contributed by atoms with Crippen LogP contribution < -0.4 is 0 Å². The lowest BCUT2D eigenvalue weighted by atomic mass is 10.1. The van der Waals surface area contributed by atoms with Crippen LogP contribution in [0.3, 0.4) is 0 Å². The summed E-state index contributed by atoms with van der Waals surface area (Å²) in [5.41, 5.74) is 1.17. The highest BCUT2D eigenvalue weighted by molar-refractivity contribution is 7.89. The third kappa shape index (κ3) is 2.87. The Morgan fingerprint density at radius 2 is 2.00 bits per heavy atom. The van der Waals surface area contributed by atoms with E-state index in [1.807, 2.05) is 12.1 Å². The van der Waals surface area contributed by atoms with Crippen molar-refractivity contribution in [1.82, 2.24) is 4.31 Å². The lowest BCUT2D eigenvalue weighted by molar-refractivity contribution is 0.478. The lowest BCUT2D eigenvalue weighted by Crippen LogP contribution is -2.29. The zero-order valence-corrected chi connectivity index (χ0v) is 12.0. The van der Waals surface area contributed by atoms with Crippen molar-refractivity contribution in [2.45, 2.75) is 36.5 Å². The summed E-state index contributed by atoms with van der Waals surface area (Å²) in [4.78, 5) is 0.369. The molecular weight excluding hydrogens is 270 g/mol. The van der Waals surface area contributed by atoms with Crippen LogP contribution in [0.5, 0.6) is 0 Å². The molecule has 18 heavy (non-hydrogen) atoms. The maximum Gasteiger partial charge on any atom is 0.243 e. The highest BCUT2D eigenvalue weighted by Gasteiger charge is 2.31. The van der Waals surface area contributed by atoms with Crippen LogP contribution in [0.2, 0.25) is 0 Å². The molecule has 0 spiro atoms. The van der Waals surface area contributed by atoms with E-state index in [4.69, 9.17) is 11.6 Å². The van der Waals surface area contributed by atoms with Crippen LogP contribution >= 0.6 is 11.6 Å². The normalized spacial score (nSPS) is 21.3. The van der Waals surface area contributed by atoms with Gasteiger partial charge in [0.25, 0.3) is 0 Å². The number of nitrogens with zero attached hydrogens (tertiary/aromatic N) is 1. The molecule has 3 nitrogen and oxygen atoms in total. The van der Waals surface area contributed by atoms with Crippen LogP contribution in [-0.4, -0.2) is 31.2 Å². The van der Waals surface area contributed by atoms with Crippen LogP contribution in [0.4, 0.5) is 0 Å². The molecule has 2 rings (SSSR count). The van der Waals surface area contributed by atoms with Gasteiger partial charge >= 0.3 is 0 Å². The molecule has 0 bridgehead atoms. The van der Waals surface area contributed by atoms with Crippen LogP contribution in [-0.2, 0) is 16.4 Å². The van der Waals surface area contributed by atoms with Crippen molar-refractivity contribution in [2.75, 3.05) is 13.1 Å². The summed E-state index contributed by atoms with van der Waals surface area (Å²) < 4.78 is 26.1. The molecule has 1 unspecified atom stereocenters. The van der Waals surface area contributed by atoms with E-state index in [-0.39, 0.29) is 5.38 Å². The maximum atomic E-state index is 12.3. The molecule has 0 aromatic heterocycles. The Hall–Kier alpha value is -0.580. The third-order valence-corrected chi connectivity index (χ3v) is 5.43. The monoisotopic (exact) mass is 287 g/mol. The summed E-state index contributed by atoms with van der Waals surface area (Å²) in [7, 11) is -3.35. The second-order valence-electron chi connectivity index (χ2n) is 4.64.